The van der Waals surface area contributed by atoms with Crippen LogP contribution >= 0.6 is 0 Å². The van der Waals surface area contributed by atoms with Gasteiger partial charge in [-0.25, -0.2) is 4.79 Å². The monoisotopic (exact) mass is 280 g/mol. The fraction of sp³-hybridized carbons (Fsp3) is 0.533. The van der Waals surface area contributed by atoms with Crippen LogP contribution in [0.2, 0.25) is 0 Å². The largest absolute Gasteiger partial charge is 0.465 e. The van der Waals surface area contributed by atoms with Crippen LogP contribution < -0.4 is 11.1 Å². The van der Waals surface area contributed by atoms with Crippen molar-refractivity contribution in [1.29, 1.82) is 0 Å². The van der Waals surface area contributed by atoms with Crippen molar-refractivity contribution in [2.24, 2.45) is 5.41 Å². The molecule has 0 fully saturated rings. The number of rotatable bonds is 7. The predicted molar refractivity (Wildman–Crippen MR) is 81.0 cm³/mol. The molecule has 3 N–H and O–H groups in total. The number of benzene rings is 1. The summed E-state index contributed by atoms with van der Waals surface area (Å²) in [7, 11) is 3.04. The molecule has 0 saturated carbocycles. The number of esters is 1. The molecule has 0 amide bonds. The van der Waals surface area contributed by atoms with Crippen LogP contribution in [0.25, 0.3) is 0 Å². The second-order valence-corrected chi connectivity index (χ2v) is 5.55. The Bertz CT molecular complexity index is 458. The summed E-state index contributed by atoms with van der Waals surface area (Å²) in [4.78, 5) is 11.6. The second-order valence-electron chi connectivity index (χ2n) is 5.55. The molecule has 0 aliphatic carbocycles. The number of nitrogen functional groups attached to an aromatic ring is 1. The summed E-state index contributed by atoms with van der Waals surface area (Å²) in [5.41, 5.74) is 7.52. The van der Waals surface area contributed by atoms with Gasteiger partial charge in [-0.1, -0.05) is 13.8 Å². The first-order valence-corrected chi connectivity index (χ1v) is 6.60. The van der Waals surface area contributed by atoms with Crippen molar-refractivity contribution in [2.75, 3.05) is 38.4 Å². The third kappa shape index (κ3) is 4.74. The Balaban J connectivity index is 2.71. The standard InChI is InChI=1S/C15H24N2O3/c1-15(2,7-8-19-3)10-17-11-5-6-13(16)12(9-11)14(18)20-4/h5-6,9,17H,7-8,10,16H2,1-4H3. The molecule has 20 heavy (non-hydrogen) atoms. The van der Waals surface area contributed by atoms with Gasteiger partial charge in [0.15, 0.2) is 0 Å². The number of nitrogens with one attached hydrogen (secondary N) is 1. The molecule has 1 rings (SSSR count). The fourth-order valence-corrected chi connectivity index (χ4v) is 1.76. The summed E-state index contributed by atoms with van der Waals surface area (Å²) >= 11 is 0. The van der Waals surface area contributed by atoms with Crippen molar-refractivity contribution in [3.8, 4) is 0 Å². The number of anilines is 2. The summed E-state index contributed by atoms with van der Waals surface area (Å²) in [6, 6.07) is 5.28. The molecule has 5 heteroatoms. The first-order chi connectivity index (χ1) is 9.39. The summed E-state index contributed by atoms with van der Waals surface area (Å²) < 4.78 is 9.81. The van der Waals surface area contributed by atoms with Crippen molar-refractivity contribution in [2.45, 2.75) is 20.3 Å². The van der Waals surface area contributed by atoms with Gasteiger partial charge in [-0.05, 0) is 30.0 Å². The highest BCUT2D eigenvalue weighted by Gasteiger charge is 2.18. The van der Waals surface area contributed by atoms with E-state index in [2.05, 4.69) is 19.2 Å². The zero-order chi connectivity index (χ0) is 15.2. The Hall–Kier alpha value is -1.75. The minimum Gasteiger partial charge on any atom is -0.465 e. The van der Waals surface area contributed by atoms with Crippen LogP contribution in [0.15, 0.2) is 18.2 Å². The lowest BCUT2D eigenvalue weighted by atomic mass is 9.89. The molecular formula is C15H24N2O3. The van der Waals surface area contributed by atoms with Gasteiger partial charge in [-0.15, -0.1) is 0 Å². The van der Waals surface area contributed by atoms with E-state index in [4.69, 9.17) is 15.2 Å². The molecule has 0 aromatic heterocycles. The number of hydrogen-bond acceptors (Lipinski definition) is 5. The molecule has 0 aliphatic heterocycles. The first kappa shape index (κ1) is 16.3. The maximum absolute atomic E-state index is 11.6. The van der Waals surface area contributed by atoms with Crippen LogP contribution in [0.3, 0.4) is 0 Å². The lowest BCUT2D eigenvalue weighted by Crippen LogP contribution is -2.24. The molecule has 0 unspecified atom stereocenters. The lowest BCUT2D eigenvalue weighted by Gasteiger charge is -2.25. The van der Waals surface area contributed by atoms with Crippen molar-refractivity contribution < 1.29 is 14.3 Å². The molecule has 0 spiro atoms. The van der Waals surface area contributed by atoms with E-state index in [9.17, 15) is 4.79 Å². The van der Waals surface area contributed by atoms with Crippen LogP contribution in [0, 0.1) is 5.41 Å². The van der Waals surface area contributed by atoms with E-state index < -0.39 is 5.97 Å². The Kier molecular flexibility index (Phi) is 5.82. The van der Waals surface area contributed by atoms with Gasteiger partial charge >= 0.3 is 5.97 Å². The average Bonchev–Trinajstić information content (AvgIpc) is 2.43. The van der Waals surface area contributed by atoms with E-state index in [0.717, 1.165) is 25.3 Å². The zero-order valence-electron chi connectivity index (χ0n) is 12.7. The van der Waals surface area contributed by atoms with Crippen molar-refractivity contribution in [3.63, 3.8) is 0 Å². The molecule has 0 atom stereocenters. The Morgan fingerprint density at radius 3 is 2.65 bits per heavy atom. The summed E-state index contributed by atoms with van der Waals surface area (Å²) in [5.74, 6) is -0.426. The van der Waals surface area contributed by atoms with Gasteiger partial charge in [-0.2, -0.15) is 0 Å². The van der Waals surface area contributed by atoms with Gasteiger partial charge in [0.2, 0.25) is 0 Å². The number of carbonyl (C=O) groups excluding carboxylic acids is 1. The maximum Gasteiger partial charge on any atom is 0.340 e. The van der Waals surface area contributed by atoms with Gasteiger partial charge in [0.05, 0.1) is 12.7 Å². The number of methoxy groups -OCH3 is 2. The van der Waals surface area contributed by atoms with Crippen LogP contribution in [0.1, 0.15) is 30.6 Å². The van der Waals surface area contributed by atoms with Crippen LogP contribution in [0.4, 0.5) is 11.4 Å². The summed E-state index contributed by atoms with van der Waals surface area (Å²) in [6.07, 6.45) is 0.954. The molecule has 5 nitrogen and oxygen atoms in total. The molecule has 1 aromatic carbocycles. The molecule has 0 radical (unpaired) electrons. The van der Waals surface area contributed by atoms with Crippen molar-refractivity contribution >= 4 is 17.3 Å². The average molecular weight is 280 g/mol. The Morgan fingerprint density at radius 1 is 1.35 bits per heavy atom. The minimum absolute atomic E-state index is 0.100. The first-order valence-electron chi connectivity index (χ1n) is 6.60. The minimum atomic E-state index is -0.426. The molecule has 0 heterocycles. The highest BCUT2D eigenvalue weighted by Crippen LogP contribution is 2.23. The molecule has 0 aliphatic rings. The van der Waals surface area contributed by atoms with E-state index >= 15 is 0 Å². The smallest absolute Gasteiger partial charge is 0.340 e. The zero-order valence-corrected chi connectivity index (χ0v) is 12.7. The number of ether oxygens (including phenoxy) is 2. The molecule has 1 aromatic rings. The van der Waals surface area contributed by atoms with Gasteiger partial charge < -0.3 is 20.5 Å². The SMILES string of the molecule is COCCC(C)(C)CNc1ccc(N)c(C(=O)OC)c1. The summed E-state index contributed by atoms with van der Waals surface area (Å²) in [6.45, 7) is 5.83. The quantitative estimate of drug-likeness (QED) is 0.593. The van der Waals surface area contributed by atoms with Crippen molar-refractivity contribution in [3.05, 3.63) is 23.8 Å². The number of carbonyl (C=O) groups is 1. The Morgan fingerprint density at radius 2 is 2.05 bits per heavy atom. The van der Waals surface area contributed by atoms with E-state index in [1.54, 1.807) is 19.2 Å². The van der Waals surface area contributed by atoms with E-state index in [1.165, 1.54) is 7.11 Å². The van der Waals surface area contributed by atoms with Gasteiger partial charge in [0.1, 0.15) is 0 Å². The predicted octanol–water partition coefficient (Wildman–Crippen LogP) is 2.53. The van der Waals surface area contributed by atoms with Gasteiger partial charge in [-0.3, -0.25) is 0 Å². The Labute approximate surface area is 120 Å². The topological polar surface area (TPSA) is 73.6 Å². The third-order valence-electron chi connectivity index (χ3n) is 3.21. The third-order valence-corrected chi connectivity index (χ3v) is 3.21. The number of nitrogens with two attached hydrogens (primary N) is 1. The summed E-state index contributed by atoms with van der Waals surface area (Å²) in [5, 5.41) is 3.32. The highest BCUT2D eigenvalue weighted by atomic mass is 16.5. The van der Waals surface area contributed by atoms with Crippen molar-refractivity contribution in [1.82, 2.24) is 0 Å². The maximum atomic E-state index is 11.6. The van der Waals surface area contributed by atoms with E-state index in [-0.39, 0.29) is 5.41 Å². The lowest BCUT2D eigenvalue weighted by molar-refractivity contribution is 0.0602. The van der Waals surface area contributed by atoms with E-state index in [0.29, 0.717) is 11.3 Å². The highest BCUT2D eigenvalue weighted by molar-refractivity contribution is 5.96. The van der Waals surface area contributed by atoms with Gasteiger partial charge in [0, 0.05) is 31.6 Å². The van der Waals surface area contributed by atoms with E-state index in [1.807, 2.05) is 6.07 Å². The number of hydrogen-bond donors (Lipinski definition) is 2. The molecular weight excluding hydrogens is 256 g/mol. The van der Waals surface area contributed by atoms with Crippen LogP contribution in [-0.2, 0) is 9.47 Å². The van der Waals surface area contributed by atoms with Gasteiger partial charge in [0.25, 0.3) is 0 Å². The molecule has 0 saturated heterocycles. The fourth-order valence-electron chi connectivity index (χ4n) is 1.76. The molecule has 112 valence electrons. The van der Waals surface area contributed by atoms with Crippen LogP contribution in [0.5, 0.6) is 0 Å². The molecule has 0 bridgehead atoms. The normalized spacial score (nSPS) is 11.2. The van der Waals surface area contributed by atoms with Crippen LogP contribution in [-0.4, -0.2) is 33.3 Å². The second kappa shape index (κ2) is 7.14.